The van der Waals surface area contributed by atoms with Crippen molar-refractivity contribution < 1.29 is 9.59 Å². The molecule has 86 valence electrons. The Bertz CT molecular complexity index is 573. The predicted octanol–water partition coefficient (Wildman–Crippen LogP) is 1.48. The highest BCUT2D eigenvalue weighted by molar-refractivity contribution is 6.24. The number of carbonyl (C=O) groups excluding carboxylic acids is 2. The van der Waals surface area contributed by atoms with Gasteiger partial charge in [-0.1, -0.05) is 12.1 Å². The maximum atomic E-state index is 12.2. The van der Waals surface area contributed by atoms with E-state index in [2.05, 4.69) is 5.32 Å². The summed E-state index contributed by atoms with van der Waals surface area (Å²) in [6.45, 7) is 0. The standard InChI is InChI=1S/C13H12N2O2/c14-9-5-1-3-7-11(9)13(17)8-4-2-6-10(16)15-12(7)8/h1,3,5H,2,4,6,14H2,(H,15,16). The number of nitrogens with two attached hydrogens (primary N) is 1. The summed E-state index contributed by atoms with van der Waals surface area (Å²) in [7, 11) is 0. The van der Waals surface area contributed by atoms with Crippen LogP contribution in [0.3, 0.4) is 0 Å². The van der Waals surface area contributed by atoms with Gasteiger partial charge in [-0.25, -0.2) is 0 Å². The topological polar surface area (TPSA) is 72.2 Å². The Kier molecular flexibility index (Phi) is 2.04. The molecule has 3 N–H and O–H groups in total. The Morgan fingerprint density at radius 1 is 1.18 bits per heavy atom. The first-order valence-corrected chi connectivity index (χ1v) is 5.65. The minimum atomic E-state index is -0.0321. The van der Waals surface area contributed by atoms with Gasteiger partial charge in [0.25, 0.3) is 0 Å². The summed E-state index contributed by atoms with van der Waals surface area (Å²) in [5.74, 6) is -0.0617. The molecule has 17 heavy (non-hydrogen) atoms. The van der Waals surface area contributed by atoms with E-state index >= 15 is 0 Å². The number of benzene rings is 1. The van der Waals surface area contributed by atoms with E-state index in [1.165, 1.54) is 0 Å². The second-order valence-electron chi connectivity index (χ2n) is 4.35. The summed E-state index contributed by atoms with van der Waals surface area (Å²) >= 11 is 0. The van der Waals surface area contributed by atoms with Crippen LogP contribution < -0.4 is 11.1 Å². The average molecular weight is 228 g/mol. The zero-order chi connectivity index (χ0) is 12.0. The van der Waals surface area contributed by atoms with Gasteiger partial charge < -0.3 is 11.1 Å². The van der Waals surface area contributed by atoms with Crippen molar-refractivity contribution in [2.75, 3.05) is 5.73 Å². The van der Waals surface area contributed by atoms with Gasteiger partial charge in [0.05, 0.1) is 11.3 Å². The fourth-order valence-electron chi connectivity index (χ4n) is 2.47. The van der Waals surface area contributed by atoms with Crippen molar-refractivity contribution in [1.29, 1.82) is 0 Å². The van der Waals surface area contributed by atoms with Gasteiger partial charge in [-0.2, -0.15) is 0 Å². The highest BCUT2D eigenvalue weighted by Gasteiger charge is 2.33. The number of anilines is 1. The first kappa shape index (κ1) is 10.1. The Morgan fingerprint density at radius 2 is 2.00 bits per heavy atom. The van der Waals surface area contributed by atoms with Crippen molar-refractivity contribution >= 4 is 23.1 Å². The molecule has 1 amide bonds. The lowest BCUT2D eigenvalue weighted by Crippen LogP contribution is -2.19. The molecule has 0 atom stereocenters. The van der Waals surface area contributed by atoms with E-state index in [9.17, 15) is 9.59 Å². The van der Waals surface area contributed by atoms with Gasteiger partial charge >= 0.3 is 0 Å². The monoisotopic (exact) mass is 228 g/mol. The molecule has 0 unspecified atom stereocenters. The second-order valence-corrected chi connectivity index (χ2v) is 4.35. The van der Waals surface area contributed by atoms with Gasteiger partial charge in [0.1, 0.15) is 0 Å². The molecule has 0 bridgehead atoms. The molecule has 0 aromatic heterocycles. The van der Waals surface area contributed by atoms with Crippen LogP contribution in [-0.2, 0) is 4.79 Å². The van der Waals surface area contributed by atoms with E-state index in [0.717, 1.165) is 5.56 Å². The van der Waals surface area contributed by atoms with Crippen LogP contribution >= 0.6 is 0 Å². The van der Waals surface area contributed by atoms with Crippen molar-refractivity contribution in [3.63, 3.8) is 0 Å². The molecular formula is C13H12N2O2. The summed E-state index contributed by atoms with van der Waals surface area (Å²) in [6.07, 6.45) is 1.82. The third-order valence-corrected chi connectivity index (χ3v) is 3.26. The lowest BCUT2D eigenvalue weighted by Gasteiger charge is -2.07. The summed E-state index contributed by atoms with van der Waals surface area (Å²) < 4.78 is 0. The zero-order valence-electron chi connectivity index (χ0n) is 9.25. The van der Waals surface area contributed by atoms with Crippen LogP contribution in [0.15, 0.2) is 23.8 Å². The number of carbonyl (C=O) groups is 2. The highest BCUT2D eigenvalue weighted by Crippen LogP contribution is 2.37. The average Bonchev–Trinajstić information content (AvgIpc) is 2.48. The fraction of sp³-hybridized carbons (Fsp3) is 0.231. The summed E-state index contributed by atoms with van der Waals surface area (Å²) in [5.41, 5.74) is 8.98. The van der Waals surface area contributed by atoms with Crippen molar-refractivity contribution in [2.24, 2.45) is 0 Å². The van der Waals surface area contributed by atoms with Gasteiger partial charge in [-0.3, -0.25) is 9.59 Å². The molecule has 1 aliphatic carbocycles. The largest absolute Gasteiger partial charge is 0.398 e. The lowest BCUT2D eigenvalue weighted by atomic mass is 10.0. The van der Waals surface area contributed by atoms with Gasteiger partial charge in [0.2, 0.25) is 5.91 Å². The minimum Gasteiger partial charge on any atom is -0.398 e. The number of hydrogen-bond acceptors (Lipinski definition) is 3. The summed E-state index contributed by atoms with van der Waals surface area (Å²) in [6, 6.07) is 5.34. The third-order valence-electron chi connectivity index (χ3n) is 3.26. The molecule has 3 rings (SSSR count). The van der Waals surface area contributed by atoms with Gasteiger partial charge in [0.15, 0.2) is 5.78 Å². The molecule has 0 spiro atoms. The number of nitrogens with one attached hydrogen (secondary N) is 1. The number of hydrogen-bond donors (Lipinski definition) is 2. The van der Waals surface area contributed by atoms with Crippen molar-refractivity contribution in [1.82, 2.24) is 5.32 Å². The quantitative estimate of drug-likeness (QED) is 0.660. The molecule has 1 aromatic rings. The first-order valence-electron chi connectivity index (χ1n) is 5.65. The number of ketones is 1. The minimum absolute atomic E-state index is 0.0296. The van der Waals surface area contributed by atoms with Crippen LogP contribution in [-0.4, -0.2) is 11.7 Å². The Morgan fingerprint density at radius 3 is 2.82 bits per heavy atom. The van der Waals surface area contributed by atoms with E-state index in [0.29, 0.717) is 41.8 Å². The smallest absolute Gasteiger partial charge is 0.224 e. The van der Waals surface area contributed by atoms with Crippen LogP contribution in [0.4, 0.5) is 5.69 Å². The number of amides is 1. The molecule has 4 heteroatoms. The Labute approximate surface area is 98.5 Å². The number of fused-ring (bicyclic) bond motifs is 2. The maximum absolute atomic E-state index is 12.2. The van der Waals surface area contributed by atoms with Crippen LogP contribution in [0, 0.1) is 0 Å². The van der Waals surface area contributed by atoms with Crippen LogP contribution in [0.25, 0.3) is 5.70 Å². The molecule has 1 aromatic carbocycles. The van der Waals surface area contributed by atoms with E-state index in [-0.39, 0.29) is 11.7 Å². The molecule has 0 saturated heterocycles. The molecule has 1 aliphatic heterocycles. The van der Waals surface area contributed by atoms with Gasteiger partial charge in [-0.05, 0) is 18.9 Å². The SMILES string of the molecule is Nc1cccc2c1C(=O)C1=C2NC(=O)CCC1. The van der Waals surface area contributed by atoms with Crippen LogP contribution in [0.2, 0.25) is 0 Å². The van der Waals surface area contributed by atoms with Gasteiger partial charge in [-0.15, -0.1) is 0 Å². The van der Waals surface area contributed by atoms with Crippen molar-refractivity contribution in [2.45, 2.75) is 19.3 Å². The molecule has 0 radical (unpaired) electrons. The number of nitrogen functional groups attached to an aromatic ring is 1. The highest BCUT2D eigenvalue weighted by atomic mass is 16.2. The molecule has 1 heterocycles. The Balaban J connectivity index is 2.20. The fourth-order valence-corrected chi connectivity index (χ4v) is 2.47. The second kappa shape index (κ2) is 3.45. The van der Waals surface area contributed by atoms with Crippen LogP contribution in [0.5, 0.6) is 0 Å². The first-order chi connectivity index (χ1) is 8.18. The molecular weight excluding hydrogens is 216 g/mol. The van der Waals surface area contributed by atoms with Crippen LogP contribution in [0.1, 0.15) is 35.2 Å². The van der Waals surface area contributed by atoms with Crippen molar-refractivity contribution in [3.05, 3.63) is 34.9 Å². The molecule has 4 nitrogen and oxygen atoms in total. The predicted molar refractivity (Wildman–Crippen MR) is 64.1 cm³/mol. The number of Topliss-reactive ketones (excluding diaryl/α,β-unsaturated/α-hetero) is 1. The van der Waals surface area contributed by atoms with E-state index in [1.54, 1.807) is 12.1 Å². The third kappa shape index (κ3) is 1.37. The number of rotatable bonds is 0. The zero-order valence-corrected chi connectivity index (χ0v) is 9.25. The maximum Gasteiger partial charge on any atom is 0.224 e. The van der Waals surface area contributed by atoms with Gasteiger partial charge in [0, 0.05) is 23.2 Å². The van der Waals surface area contributed by atoms with E-state index < -0.39 is 0 Å². The Hall–Kier alpha value is -2.10. The molecule has 0 saturated carbocycles. The van der Waals surface area contributed by atoms with E-state index in [1.807, 2.05) is 6.07 Å². The van der Waals surface area contributed by atoms with E-state index in [4.69, 9.17) is 5.73 Å². The number of allylic oxidation sites excluding steroid dienone is 1. The molecule has 2 aliphatic rings. The lowest BCUT2D eigenvalue weighted by molar-refractivity contribution is -0.119. The normalized spacial score (nSPS) is 18.6. The summed E-state index contributed by atoms with van der Waals surface area (Å²) in [5, 5.41) is 2.82. The summed E-state index contributed by atoms with van der Waals surface area (Å²) in [4.78, 5) is 23.8. The van der Waals surface area contributed by atoms with Crippen molar-refractivity contribution in [3.8, 4) is 0 Å². The molecule has 0 fully saturated rings.